The number of carboxylic acids is 1. The molecular formula is C15H11ClO3. The average Bonchev–Trinajstić information content (AvgIpc) is 2.39. The first-order chi connectivity index (χ1) is 9.08. The fourth-order valence-electron chi connectivity index (χ4n) is 1.77. The zero-order chi connectivity index (χ0) is 13.8. The predicted octanol–water partition coefficient (Wildman–Crippen LogP) is 3.66. The van der Waals surface area contributed by atoms with E-state index in [1.165, 1.54) is 0 Å². The molecule has 0 saturated carbocycles. The first-order valence-corrected chi connectivity index (χ1v) is 6.05. The Bertz CT molecular complexity index is 618. The Kier molecular flexibility index (Phi) is 3.97. The van der Waals surface area contributed by atoms with E-state index < -0.39 is 18.2 Å². The maximum atomic E-state index is 11.6. The second-order valence-corrected chi connectivity index (χ2v) is 4.46. The van der Waals surface area contributed by atoms with Crippen LogP contribution in [0.4, 0.5) is 0 Å². The molecule has 4 heteroatoms. The Labute approximate surface area is 115 Å². The van der Waals surface area contributed by atoms with Gasteiger partial charge in [0.05, 0.1) is 0 Å². The highest BCUT2D eigenvalue weighted by Crippen LogP contribution is 2.27. The van der Waals surface area contributed by atoms with Gasteiger partial charge < -0.3 is 5.11 Å². The summed E-state index contributed by atoms with van der Waals surface area (Å²) in [5, 5.41) is 9.21. The second-order valence-electron chi connectivity index (χ2n) is 4.05. The second kappa shape index (κ2) is 5.67. The molecule has 0 unspecified atom stereocenters. The van der Waals surface area contributed by atoms with Crippen molar-refractivity contribution in [1.29, 1.82) is 0 Å². The van der Waals surface area contributed by atoms with Crippen LogP contribution in [0, 0.1) is 0 Å². The summed E-state index contributed by atoms with van der Waals surface area (Å²) in [6.45, 7) is 0. The summed E-state index contributed by atoms with van der Waals surface area (Å²) >= 11 is 6.09. The number of carbonyl (C=O) groups is 2. The van der Waals surface area contributed by atoms with Gasteiger partial charge in [-0.15, -0.1) is 0 Å². The number of carbonyl (C=O) groups excluding carboxylic acids is 1. The van der Waals surface area contributed by atoms with Crippen LogP contribution in [0.1, 0.15) is 16.8 Å². The van der Waals surface area contributed by atoms with Crippen molar-refractivity contribution in [3.63, 3.8) is 0 Å². The minimum Gasteiger partial charge on any atom is -0.481 e. The fraction of sp³-hybridized carbons (Fsp3) is 0.0667. The Balaban J connectivity index is 2.26. The lowest BCUT2D eigenvalue weighted by molar-refractivity contribution is -0.135. The largest absolute Gasteiger partial charge is 0.481 e. The van der Waals surface area contributed by atoms with Crippen LogP contribution in [0.15, 0.2) is 48.5 Å². The molecule has 1 N–H and O–H groups in total. The van der Waals surface area contributed by atoms with Crippen molar-refractivity contribution >= 4 is 23.4 Å². The van der Waals surface area contributed by atoms with Crippen LogP contribution in [0.2, 0.25) is 5.02 Å². The highest BCUT2D eigenvalue weighted by Gasteiger charge is 2.11. The zero-order valence-electron chi connectivity index (χ0n) is 9.97. The van der Waals surface area contributed by atoms with Gasteiger partial charge in [-0.05, 0) is 11.6 Å². The number of carboxylic acid groups (broad SMARTS) is 1. The molecule has 2 aromatic carbocycles. The van der Waals surface area contributed by atoms with Gasteiger partial charge in [-0.2, -0.15) is 0 Å². The lowest BCUT2D eigenvalue weighted by Crippen LogP contribution is -2.06. The van der Waals surface area contributed by atoms with E-state index in [4.69, 9.17) is 16.7 Å². The van der Waals surface area contributed by atoms with E-state index >= 15 is 0 Å². The number of rotatable bonds is 4. The van der Waals surface area contributed by atoms with Crippen molar-refractivity contribution in [2.24, 2.45) is 0 Å². The molecule has 3 nitrogen and oxygen atoms in total. The quantitative estimate of drug-likeness (QED) is 0.684. The van der Waals surface area contributed by atoms with Crippen LogP contribution in [0.5, 0.6) is 0 Å². The Hall–Kier alpha value is -2.13. The van der Waals surface area contributed by atoms with Gasteiger partial charge in [0, 0.05) is 16.1 Å². The van der Waals surface area contributed by atoms with Gasteiger partial charge in [-0.25, -0.2) is 0 Å². The summed E-state index contributed by atoms with van der Waals surface area (Å²) in [7, 11) is 0. The summed E-state index contributed by atoms with van der Waals surface area (Å²) in [5.41, 5.74) is 2.15. The molecule has 2 rings (SSSR count). The molecule has 19 heavy (non-hydrogen) atoms. The number of benzene rings is 2. The van der Waals surface area contributed by atoms with E-state index in [0.29, 0.717) is 10.6 Å². The third kappa shape index (κ3) is 3.20. The van der Waals surface area contributed by atoms with E-state index in [9.17, 15) is 9.59 Å². The first kappa shape index (κ1) is 13.3. The molecule has 0 aliphatic heterocycles. The minimum atomic E-state index is -1.12. The van der Waals surface area contributed by atoms with Crippen LogP contribution in [0.3, 0.4) is 0 Å². The molecule has 0 aromatic heterocycles. The average molecular weight is 275 g/mol. The van der Waals surface area contributed by atoms with Crippen molar-refractivity contribution in [3.8, 4) is 11.1 Å². The first-order valence-electron chi connectivity index (χ1n) is 5.68. The maximum Gasteiger partial charge on any atom is 0.311 e. The highest BCUT2D eigenvalue weighted by atomic mass is 35.5. The number of hydrogen-bond acceptors (Lipinski definition) is 2. The molecule has 0 saturated heterocycles. The summed E-state index contributed by atoms with van der Waals surface area (Å²) in [6, 6.07) is 14.2. The van der Waals surface area contributed by atoms with E-state index in [2.05, 4.69) is 0 Å². The Morgan fingerprint density at radius 1 is 1.00 bits per heavy atom. The molecular weight excluding hydrogens is 264 g/mol. The van der Waals surface area contributed by atoms with Gasteiger partial charge in [-0.3, -0.25) is 9.59 Å². The molecule has 0 bridgehead atoms. The molecule has 0 aliphatic rings. The van der Waals surface area contributed by atoms with Crippen molar-refractivity contribution in [1.82, 2.24) is 0 Å². The molecule has 0 fully saturated rings. The molecule has 96 valence electrons. The number of Topliss-reactive ketones (excluding diaryl/α,β-unsaturated/α-hetero) is 1. The van der Waals surface area contributed by atoms with Gasteiger partial charge in [-0.1, -0.05) is 54.1 Å². The Morgan fingerprint density at radius 3 is 2.21 bits per heavy atom. The predicted molar refractivity (Wildman–Crippen MR) is 73.5 cm³/mol. The number of ketones is 1. The van der Waals surface area contributed by atoms with Crippen molar-refractivity contribution in [3.05, 3.63) is 59.1 Å². The molecule has 0 aliphatic carbocycles. The summed E-state index contributed by atoms with van der Waals surface area (Å²) in [5.74, 6) is -1.53. The van der Waals surface area contributed by atoms with Gasteiger partial charge in [0.15, 0.2) is 5.78 Å². The lowest BCUT2D eigenvalue weighted by Gasteiger charge is -2.05. The van der Waals surface area contributed by atoms with Crippen molar-refractivity contribution in [2.75, 3.05) is 0 Å². The van der Waals surface area contributed by atoms with Gasteiger partial charge >= 0.3 is 5.97 Å². The summed E-state index contributed by atoms with van der Waals surface area (Å²) < 4.78 is 0. The molecule has 0 atom stereocenters. The molecule has 0 heterocycles. The third-order valence-electron chi connectivity index (χ3n) is 2.70. The van der Waals surface area contributed by atoms with E-state index in [0.717, 1.165) is 11.1 Å². The fourth-order valence-corrected chi connectivity index (χ4v) is 2.02. The number of halogens is 1. The highest BCUT2D eigenvalue weighted by molar-refractivity contribution is 6.33. The van der Waals surface area contributed by atoms with Crippen LogP contribution in [-0.4, -0.2) is 16.9 Å². The van der Waals surface area contributed by atoms with Crippen LogP contribution in [0.25, 0.3) is 11.1 Å². The molecule has 0 amide bonds. The lowest BCUT2D eigenvalue weighted by atomic mass is 10.0. The van der Waals surface area contributed by atoms with E-state index in [1.807, 2.05) is 18.2 Å². The normalized spacial score (nSPS) is 10.2. The summed E-state index contributed by atoms with van der Waals surface area (Å²) in [6.07, 6.45) is -0.495. The van der Waals surface area contributed by atoms with Gasteiger partial charge in [0.1, 0.15) is 6.42 Å². The maximum absolute atomic E-state index is 11.6. The van der Waals surface area contributed by atoms with Crippen molar-refractivity contribution < 1.29 is 14.7 Å². The van der Waals surface area contributed by atoms with E-state index in [-0.39, 0.29) is 0 Å². The monoisotopic (exact) mass is 274 g/mol. The number of aliphatic carboxylic acids is 1. The van der Waals surface area contributed by atoms with Gasteiger partial charge in [0.2, 0.25) is 0 Å². The minimum absolute atomic E-state index is 0.387. The molecule has 0 radical (unpaired) electrons. The zero-order valence-corrected chi connectivity index (χ0v) is 10.7. The number of hydrogen-bond donors (Lipinski definition) is 1. The van der Waals surface area contributed by atoms with Gasteiger partial charge in [0.25, 0.3) is 0 Å². The Morgan fingerprint density at radius 2 is 1.63 bits per heavy atom. The van der Waals surface area contributed by atoms with Crippen LogP contribution >= 0.6 is 11.6 Å². The molecule has 0 spiro atoms. The molecule has 2 aromatic rings. The SMILES string of the molecule is O=C(O)CC(=O)c1ccc(-c2ccccc2Cl)cc1. The topological polar surface area (TPSA) is 54.4 Å². The standard InChI is InChI=1S/C15H11ClO3/c16-13-4-2-1-3-12(13)10-5-7-11(8-6-10)14(17)9-15(18)19/h1-8H,9H2,(H,18,19). The van der Waals surface area contributed by atoms with E-state index in [1.54, 1.807) is 30.3 Å². The summed E-state index contributed by atoms with van der Waals surface area (Å²) in [4.78, 5) is 22.0. The van der Waals surface area contributed by atoms with Crippen molar-refractivity contribution in [2.45, 2.75) is 6.42 Å². The smallest absolute Gasteiger partial charge is 0.311 e. The third-order valence-corrected chi connectivity index (χ3v) is 3.03. The van der Waals surface area contributed by atoms with Crippen LogP contribution < -0.4 is 0 Å². The van der Waals surface area contributed by atoms with Crippen LogP contribution in [-0.2, 0) is 4.79 Å².